The van der Waals surface area contributed by atoms with Crippen LogP contribution in [0.5, 0.6) is 0 Å². The summed E-state index contributed by atoms with van der Waals surface area (Å²) in [7, 11) is 0. The summed E-state index contributed by atoms with van der Waals surface area (Å²) >= 11 is 2.86. The lowest BCUT2D eigenvalue weighted by atomic mass is 9.94. The van der Waals surface area contributed by atoms with E-state index in [2.05, 4.69) is 15.9 Å². The van der Waals surface area contributed by atoms with Crippen molar-refractivity contribution in [2.75, 3.05) is 0 Å². The van der Waals surface area contributed by atoms with Crippen LogP contribution in [0.15, 0.2) is 40.9 Å². The molecule has 2 aromatic carbocycles. The van der Waals surface area contributed by atoms with Gasteiger partial charge in [0, 0.05) is 5.56 Å². The lowest BCUT2D eigenvalue weighted by Crippen LogP contribution is -2.20. The summed E-state index contributed by atoms with van der Waals surface area (Å²) in [5.74, 6) is -2.01. The standard InChI is InChI=1S/C14H9BrF5N/c15-9-5-6-10(16)11(12(9)17)13(21)7-3-1-2-4-8(7)14(18,19)20/h1-6,13H,21H2. The first kappa shape index (κ1) is 15.9. The van der Waals surface area contributed by atoms with Gasteiger partial charge in [0.1, 0.15) is 11.6 Å². The summed E-state index contributed by atoms with van der Waals surface area (Å²) in [5, 5.41) is 0. The van der Waals surface area contributed by atoms with E-state index in [1.807, 2.05) is 0 Å². The van der Waals surface area contributed by atoms with Crippen molar-refractivity contribution < 1.29 is 22.0 Å². The van der Waals surface area contributed by atoms with E-state index in [-0.39, 0.29) is 10.0 Å². The molecule has 2 N–H and O–H groups in total. The fourth-order valence-corrected chi connectivity index (χ4v) is 2.36. The van der Waals surface area contributed by atoms with Gasteiger partial charge in [-0.3, -0.25) is 0 Å². The van der Waals surface area contributed by atoms with Crippen LogP contribution in [0.1, 0.15) is 22.7 Å². The number of hydrogen-bond acceptors (Lipinski definition) is 1. The van der Waals surface area contributed by atoms with Gasteiger partial charge in [-0.2, -0.15) is 13.2 Å². The van der Waals surface area contributed by atoms with Gasteiger partial charge in [0.05, 0.1) is 16.1 Å². The van der Waals surface area contributed by atoms with E-state index in [1.54, 1.807) is 0 Å². The van der Waals surface area contributed by atoms with Gasteiger partial charge in [-0.25, -0.2) is 8.78 Å². The maximum absolute atomic E-state index is 14.0. The third-order valence-corrected chi connectivity index (χ3v) is 3.60. The van der Waals surface area contributed by atoms with Crippen molar-refractivity contribution in [2.24, 2.45) is 5.73 Å². The molecule has 0 amide bonds. The number of halogens is 6. The van der Waals surface area contributed by atoms with Gasteiger partial charge in [0.2, 0.25) is 0 Å². The van der Waals surface area contributed by atoms with Gasteiger partial charge in [0.15, 0.2) is 0 Å². The molecule has 0 heterocycles. The molecule has 0 aliphatic heterocycles. The Hall–Kier alpha value is -1.47. The first-order valence-corrected chi connectivity index (χ1v) is 6.58. The predicted octanol–water partition coefficient (Wildman–Crippen LogP) is 4.79. The highest BCUT2D eigenvalue weighted by atomic mass is 79.9. The van der Waals surface area contributed by atoms with E-state index < -0.39 is 35.0 Å². The van der Waals surface area contributed by atoms with Crippen LogP contribution in [0, 0.1) is 11.6 Å². The summed E-state index contributed by atoms with van der Waals surface area (Å²) < 4.78 is 66.5. The van der Waals surface area contributed by atoms with Crippen molar-refractivity contribution in [1.82, 2.24) is 0 Å². The predicted molar refractivity (Wildman–Crippen MR) is 71.5 cm³/mol. The van der Waals surface area contributed by atoms with Crippen molar-refractivity contribution in [3.8, 4) is 0 Å². The molecule has 2 rings (SSSR count). The zero-order valence-electron chi connectivity index (χ0n) is 10.4. The molecule has 0 aromatic heterocycles. The highest BCUT2D eigenvalue weighted by molar-refractivity contribution is 9.10. The number of alkyl halides is 3. The molecule has 0 radical (unpaired) electrons. The Morgan fingerprint density at radius 1 is 1.00 bits per heavy atom. The lowest BCUT2D eigenvalue weighted by molar-refractivity contribution is -0.138. The molecule has 112 valence electrons. The van der Waals surface area contributed by atoms with Crippen LogP contribution in [0.2, 0.25) is 0 Å². The van der Waals surface area contributed by atoms with Crippen molar-refractivity contribution in [3.63, 3.8) is 0 Å². The van der Waals surface area contributed by atoms with E-state index in [0.717, 1.165) is 24.3 Å². The van der Waals surface area contributed by atoms with Crippen LogP contribution in [0.25, 0.3) is 0 Å². The summed E-state index contributed by atoms with van der Waals surface area (Å²) in [6.45, 7) is 0. The lowest BCUT2D eigenvalue weighted by Gasteiger charge is -2.19. The quantitative estimate of drug-likeness (QED) is 0.600. The molecule has 21 heavy (non-hydrogen) atoms. The molecule has 1 unspecified atom stereocenters. The molecule has 1 nitrogen and oxygen atoms in total. The van der Waals surface area contributed by atoms with Crippen LogP contribution in [0.4, 0.5) is 22.0 Å². The van der Waals surface area contributed by atoms with E-state index in [1.165, 1.54) is 12.1 Å². The summed E-state index contributed by atoms with van der Waals surface area (Å²) in [5.41, 5.74) is 3.67. The van der Waals surface area contributed by atoms with Crippen LogP contribution >= 0.6 is 15.9 Å². The molecule has 7 heteroatoms. The largest absolute Gasteiger partial charge is 0.416 e. The maximum atomic E-state index is 14.0. The highest BCUT2D eigenvalue weighted by Crippen LogP contribution is 2.37. The van der Waals surface area contributed by atoms with Gasteiger partial charge in [-0.15, -0.1) is 0 Å². The SMILES string of the molecule is NC(c1ccccc1C(F)(F)F)c1c(F)ccc(Br)c1F. The molecule has 1 atom stereocenters. The molecule has 0 spiro atoms. The maximum Gasteiger partial charge on any atom is 0.416 e. The Labute approximate surface area is 125 Å². The third kappa shape index (κ3) is 3.08. The smallest absolute Gasteiger partial charge is 0.320 e. The normalized spacial score (nSPS) is 13.3. The first-order valence-electron chi connectivity index (χ1n) is 5.78. The van der Waals surface area contributed by atoms with E-state index >= 15 is 0 Å². The van der Waals surface area contributed by atoms with Crippen LogP contribution in [0.3, 0.4) is 0 Å². The topological polar surface area (TPSA) is 26.0 Å². The van der Waals surface area contributed by atoms with Crippen molar-refractivity contribution in [1.29, 1.82) is 0 Å². The van der Waals surface area contributed by atoms with E-state index in [4.69, 9.17) is 5.73 Å². The zero-order chi connectivity index (χ0) is 15.8. The Morgan fingerprint density at radius 2 is 1.62 bits per heavy atom. The second-order valence-corrected chi connectivity index (χ2v) is 5.17. The summed E-state index contributed by atoms with van der Waals surface area (Å²) in [6, 6.07) is 4.94. The third-order valence-electron chi connectivity index (χ3n) is 2.99. The second kappa shape index (κ2) is 5.73. The minimum atomic E-state index is -4.66. The van der Waals surface area contributed by atoms with Gasteiger partial charge in [-0.1, -0.05) is 18.2 Å². The van der Waals surface area contributed by atoms with Gasteiger partial charge < -0.3 is 5.73 Å². The van der Waals surface area contributed by atoms with E-state index in [0.29, 0.717) is 0 Å². The fraction of sp³-hybridized carbons (Fsp3) is 0.143. The Kier molecular flexibility index (Phi) is 4.34. The number of nitrogens with two attached hydrogens (primary N) is 1. The minimum Gasteiger partial charge on any atom is -0.320 e. The number of rotatable bonds is 2. The molecular weight excluding hydrogens is 357 g/mol. The van der Waals surface area contributed by atoms with Crippen LogP contribution < -0.4 is 5.73 Å². The average Bonchev–Trinajstić information content (AvgIpc) is 2.42. The molecule has 0 saturated carbocycles. The van der Waals surface area contributed by atoms with E-state index in [9.17, 15) is 22.0 Å². The molecule has 0 fully saturated rings. The Morgan fingerprint density at radius 3 is 2.24 bits per heavy atom. The molecule has 0 aliphatic rings. The van der Waals surface area contributed by atoms with Crippen molar-refractivity contribution in [2.45, 2.75) is 12.2 Å². The van der Waals surface area contributed by atoms with Gasteiger partial charge in [-0.05, 0) is 39.7 Å². The van der Waals surface area contributed by atoms with Crippen LogP contribution in [-0.2, 0) is 6.18 Å². The molecule has 0 bridgehead atoms. The van der Waals surface area contributed by atoms with Crippen molar-refractivity contribution >= 4 is 15.9 Å². The summed E-state index contributed by atoms with van der Waals surface area (Å²) in [4.78, 5) is 0. The number of benzene rings is 2. The highest BCUT2D eigenvalue weighted by Gasteiger charge is 2.35. The first-order chi connectivity index (χ1) is 9.73. The molecule has 2 aromatic rings. The Balaban J connectivity index is 2.62. The minimum absolute atomic E-state index is 0.0705. The van der Waals surface area contributed by atoms with Crippen LogP contribution in [-0.4, -0.2) is 0 Å². The fourth-order valence-electron chi connectivity index (χ4n) is 2.01. The second-order valence-electron chi connectivity index (χ2n) is 4.32. The number of hydrogen-bond donors (Lipinski definition) is 1. The Bertz CT molecular complexity index is 669. The molecule has 0 saturated heterocycles. The van der Waals surface area contributed by atoms with Gasteiger partial charge in [0.25, 0.3) is 0 Å². The average molecular weight is 366 g/mol. The molecule has 0 aliphatic carbocycles. The van der Waals surface area contributed by atoms with Gasteiger partial charge >= 0.3 is 6.18 Å². The summed E-state index contributed by atoms with van der Waals surface area (Å²) in [6.07, 6.45) is -4.66. The van der Waals surface area contributed by atoms with Crippen molar-refractivity contribution in [3.05, 3.63) is 69.2 Å². The molecular formula is C14H9BrF5N. The zero-order valence-corrected chi connectivity index (χ0v) is 12.0. The monoisotopic (exact) mass is 365 g/mol.